The van der Waals surface area contributed by atoms with E-state index in [2.05, 4.69) is 4.90 Å². The summed E-state index contributed by atoms with van der Waals surface area (Å²) in [5.41, 5.74) is 1.83. The topological polar surface area (TPSA) is 60.2 Å². The van der Waals surface area contributed by atoms with Gasteiger partial charge in [0.2, 0.25) is 0 Å². The van der Waals surface area contributed by atoms with Crippen LogP contribution in [0.5, 0.6) is 17.2 Å². The zero-order valence-electron chi connectivity index (χ0n) is 16.4. The summed E-state index contributed by atoms with van der Waals surface area (Å²) in [6.45, 7) is 4.22. The number of nitrogens with zero attached hydrogens (tertiary/aromatic N) is 2. The largest absolute Gasteiger partial charge is 0.493 e. The second-order valence-electron chi connectivity index (χ2n) is 6.15. The Balaban J connectivity index is 2.11. The van der Waals surface area contributed by atoms with E-state index in [-0.39, 0.29) is 11.6 Å². The predicted molar refractivity (Wildman–Crippen MR) is 105 cm³/mol. The zero-order valence-corrected chi connectivity index (χ0v) is 16.4. The first-order valence-corrected chi connectivity index (χ1v) is 8.82. The van der Waals surface area contributed by atoms with Crippen molar-refractivity contribution >= 4 is 5.69 Å². The number of hydrogen-bond acceptors (Lipinski definition) is 6. The summed E-state index contributed by atoms with van der Waals surface area (Å²) in [6.07, 6.45) is 0. The lowest BCUT2D eigenvalue weighted by atomic mass is 10.1. The Bertz CT molecular complexity index is 740. The third-order valence-corrected chi connectivity index (χ3v) is 4.19. The van der Waals surface area contributed by atoms with E-state index >= 15 is 0 Å². The monoisotopic (exact) mass is 377 g/mol. The highest BCUT2D eigenvalue weighted by Crippen LogP contribution is 2.32. The van der Waals surface area contributed by atoms with Crippen LogP contribution in [0, 0.1) is 5.82 Å². The summed E-state index contributed by atoms with van der Waals surface area (Å²) in [5, 5.41) is 1.49. The first kappa shape index (κ1) is 20.8. The van der Waals surface area contributed by atoms with Crippen LogP contribution in [0.1, 0.15) is 12.5 Å². The Hall–Kier alpha value is -2.51. The number of hydrogen-bond donors (Lipinski definition) is 1. The van der Waals surface area contributed by atoms with Gasteiger partial charge < -0.3 is 19.1 Å². The van der Waals surface area contributed by atoms with Crippen molar-refractivity contribution in [3.63, 3.8) is 0 Å². The third-order valence-electron chi connectivity index (χ3n) is 4.19. The van der Waals surface area contributed by atoms with E-state index in [9.17, 15) is 4.39 Å². The van der Waals surface area contributed by atoms with Gasteiger partial charge in [0.1, 0.15) is 6.61 Å². The standard InChI is InChI=1S/C20H28FN3O3/c1-5-24(16-7-9-19(25-3)20(13-16)26-4)14-15-6-8-18(17(21)12-15)27-11-10-23(2)22/h6-9,12-13H,5,10-11,14,22H2,1-4H3. The average Bonchev–Trinajstić information content (AvgIpc) is 2.66. The highest BCUT2D eigenvalue weighted by atomic mass is 19.1. The van der Waals surface area contributed by atoms with Crippen molar-refractivity contribution in [2.75, 3.05) is 45.9 Å². The normalized spacial score (nSPS) is 10.8. The number of benzene rings is 2. The number of likely N-dealkylation sites (N-methyl/N-ethyl adjacent to an activating group) is 1. The molecule has 0 fully saturated rings. The molecule has 2 aromatic carbocycles. The summed E-state index contributed by atoms with van der Waals surface area (Å²) in [7, 11) is 4.94. The van der Waals surface area contributed by atoms with Gasteiger partial charge in [-0.3, -0.25) is 5.84 Å². The molecule has 0 aliphatic heterocycles. The molecule has 0 aliphatic carbocycles. The van der Waals surface area contributed by atoms with Gasteiger partial charge in [-0.1, -0.05) is 6.07 Å². The molecule has 0 spiro atoms. The number of ether oxygens (including phenoxy) is 3. The number of hydrazine groups is 1. The van der Waals surface area contributed by atoms with Crippen molar-refractivity contribution < 1.29 is 18.6 Å². The molecule has 0 atom stereocenters. The fourth-order valence-electron chi connectivity index (χ4n) is 2.69. The second kappa shape index (κ2) is 9.99. The number of rotatable bonds is 10. The first-order valence-electron chi connectivity index (χ1n) is 8.82. The Morgan fingerprint density at radius 2 is 1.70 bits per heavy atom. The minimum atomic E-state index is -0.379. The van der Waals surface area contributed by atoms with Crippen LogP contribution in [0.4, 0.5) is 10.1 Å². The lowest BCUT2D eigenvalue weighted by Gasteiger charge is -2.24. The molecule has 2 rings (SSSR count). The molecule has 7 heteroatoms. The maximum Gasteiger partial charge on any atom is 0.165 e. The Morgan fingerprint density at radius 1 is 1.00 bits per heavy atom. The number of halogens is 1. The van der Waals surface area contributed by atoms with Crippen LogP contribution in [0.2, 0.25) is 0 Å². The molecule has 0 aromatic heterocycles. The van der Waals surface area contributed by atoms with Crippen LogP contribution >= 0.6 is 0 Å². The minimum Gasteiger partial charge on any atom is -0.493 e. The van der Waals surface area contributed by atoms with E-state index < -0.39 is 0 Å². The maximum atomic E-state index is 14.3. The molecule has 0 radical (unpaired) electrons. The van der Waals surface area contributed by atoms with Crippen molar-refractivity contribution in [3.8, 4) is 17.2 Å². The van der Waals surface area contributed by atoms with Crippen molar-refractivity contribution in [1.29, 1.82) is 0 Å². The summed E-state index contributed by atoms with van der Waals surface area (Å²) in [5.74, 6) is 6.71. The molecular weight excluding hydrogens is 349 g/mol. The molecule has 0 aliphatic rings. The van der Waals surface area contributed by atoms with Crippen molar-refractivity contribution in [3.05, 3.63) is 47.8 Å². The molecule has 0 saturated heterocycles. The third kappa shape index (κ3) is 5.74. The highest BCUT2D eigenvalue weighted by Gasteiger charge is 2.12. The Labute approximate surface area is 160 Å². The van der Waals surface area contributed by atoms with Crippen LogP contribution in [-0.2, 0) is 6.54 Å². The quantitative estimate of drug-likeness (QED) is 0.507. The molecule has 27 heavy (non-hydrogen) atoms. The zero-order chi connectivity index (χ0) is 19.8. The van der Waals surface area contributed by atoms with Crippen molar-refractivity contribution in [2.45, 2.75) is 13.5 Å². The van der Waals surface area contributed by atoms with Crippen LogP contribution in [0.3, 0.4) is 0 Å². The van der Waals surface area contributed by atoms with Gasteiger partial charge in [-0.2, -0.15) is 0 Å². The molecule has 2 N–H and O–H groups in total. The molecule has 0 bridgehead atoms. The van der Waals surface area contributed by atoms with Gasteiger partial charge in [0.25, 0.3) is 0 Å². The first-order chi connectivity index (χ1) is 13.0. The molecule has 2 aromatic rings. The fourth-order valence-corrected chi connectivity index (χ4v) is 2.69. The molecule has 6 nitrogen and oxygen atoms in total. The van der Waals surface area contributed by atoms with Gasteiger partial charge in [-0.15, -0.1) is 0 Å². The minimum absolute atomic E-state index is 0.231. The van der Waals surface area contributed by atoms with Crippen molar-refractivity contribution in [1.82, 2.24) is 5.01 Å². The summed E-state index contributed by atoms with van der Waals surface area (Å²) in [4.78, 5) is 2.13. The molecule has 0 saturated carbocycles. The highest BCUT2D eigenvalue weighted by molar-refractivity contribution is 5.56. The summed E-state index contributed by atoms with van der Waals surface area (Å²) >= 11 is 0. The fraction of sp³-hybridized carbons (Fsp3) is 0.400. The number of methoxy groups -OCH3 is 2. The van der Waals surface area contributed by atoms with Gasteiger partial charge >= 0.3 is 0 Å². The van der Waals surface area contributed by atoms with E-state index in [1.54, 1.807) is 27.3 Å². The van der Waals surface area contributed by atoms with Crippen LogP contribution in [0.25, 0.3) is 0 Å². The number of anilines is 1. The Kier molecular flexibility index (Phi) is 7.69. The molecular formula is C20H28FN3O3. The van der Waals surface area contributed by atoms with E-state index in [4.69, 9.17) is 20.1 Å². The van der Waals surface area contributed by atoms with E-state index in [0.717, 1.165) is 17.8 Å². The van der Waals surface area contributed by atoms with Gasteiger partial charge in [0, 0.05) is 38.4 Å². The second-order valence-corrected chi connectivity index (χ2v) is 6.15. The lowest BCUT2D eigenvalue weighted by molar-refractivity contribution is 0.234. The summed E-state index contributed by atoms with van der Waals surface area (Å²) in [6, 6.07) is 10.8. The van der Waals surface area contributed by atoms with E-state index in [1.807, 2.05) is 31.2 Å². The van der Waals surface area contributed by atoms with Gasteiger partial charge in [-0.25, -0.2) is 9.40 Å². The van der Waals surface area contributed by atoms with Gasteiger partial charge in [0.15, 0.2) is 23.1 Å². The SMILES string of the molecule is CCN(Cc1ccc(OCCN(C)N)c(F)c1)c1ccc(OC)c(OC)c1. The molecule has 148 valence electrons. The van der Waals surface area contributed by atoms with Crippen molar-refractivity contribution in [2.24, 2.45) is 5.84 Å². The lowest BCUT2D eigenvalue weighted by Crippen LogP contribution is -2.30. The van der Waals surface area contributed by atoms with Crippen LogP contribution in [0.15, 0.2) is 36.4 Å². The molecule has 0 heterocycles. The average molecular weight is 377 g/mol. The molecule has 0 unspecified atom stereocenters. The van der Waals surface area contributed by atoms with Gasteiger partial charge in [0.05, 0.1) is 14.2 Å². The van der Waals surface area contributed by atoms with Gasteiger partial charge in [-0.05, 0) is 36.8 Å². The maximum absolute atomic E-state index is 14.3. The smallest absolute Gasteiger partial charge is 0.165 e. The Morgan fingerprint density at radius 3 is 2.30 bits per heavy atom. The predicted octanol–water partition coefficient (Wildman–Crippen LogP) is 3.05. The number of nitrogens with two attached hydrogens (primary N) is 1. The van der Waals surface area contributed by atoms with E-state index in [0.29, 0.717) is 31.2 Å². The summed E-state index contributed by atoms with van der Waals surface area (Å²) < 4.78 is 30.4. The van der Waals surface area contributed by atoms with Crippen LogP contribution in [-0.4, -0.2) is 46.0 Å². The van der Waals surface area contributed by atoms with Crippen LogP contribution < -0.4 is 25.0 Å². The van der Waals surface area contributed by atoms with E-state index in [1.165, 1.54) is 11.1 Å². The molecule has 0 amide bonds.